The predicted molar refractivity (Wildman–Crippen MR) is 69.0 cm³/mol. The molecule has 1 rings (SSSR count). The quantitative estimate of drug-likeness (QED) is 0.760. The zero-order valence-electron chi connectivity index (χ0n) is 9.17. The van der Waals surface area contributed by atoms with Crippen molar-refractivity contribution in [3.63, 3.8) is 0 Å². The van der Waals surface area contributed by atoms with Crippen LogP contribution in [-0.4, -0.2) is 6.10 Å². The molecule has 1 aromatic rings. The van der Waals surface area contributed by atoms with Gasteiger partial charge in [-0.15, -0.1) is 0 Å². The number of hydrogen-bond acceptors (Lipinski definition) is 1. The molecule has 1 nitrogen and oxygen atoms in total. The molecule has 0 aliphatic carbocycles. The third-order valence-corrected chi connectivity index (χ3v) is 2.63. The van der Waals surface area contributed by atoms with Crippen molar-refractivity contribution in [3.05, 3.63) is 27.3 Å². The molecule has 0 aliphatic rings. The van der Waals surface area contributed by atoms with Crippen LogP contribution in [-0.2, 0) is 0 Å². The molecule has 0 unspecified atom stereocenters. The van der Waals surface area contributed by atoms with Gasteiger partial charge in [-0.05, 0) is 66.1 Å². The van der Waals surface area contributed by atoms with Gasteiger partial charge in [0.05, 0.1) is 6.10 Å². The highest BCUT2D eigenvalue weighted by atomic mass is 127. The van der Waals surface area contributed by atoms with Gasteiger partial charge in [0.2, 0.25) is 0 Å². The number of ether oxygens (including phenoxy) is 1. The van der Waals surface area contributed by atoms with Crippen LogP contribution < -0.4 is 4.74 Å². The zero-order chi connectivity index (χ0) is 10.7. The standard InChI is InChI=1S/C12H17IO/c1-8(2)11-7-10(13)5-6-12(11)14-9(3)4/h5-9H,1-4H3. The van der Waals surface area contributed by atoms with Crippen LogP contribution in [0.2, 0.25) is 0 Å². The summed E-state index contributed by atoms with van der Waals surface area (Å²) in [5.74, 6) is 1.54. The fourth-order valence-corrected chi connectivity index (χ4v) is 1.85. The molecule has 78 valence electrons. The summed E-state index contributed by atoms with van der Waals surface area (Å²) in [5.41, 5.74) is 1.30. The van der Waals surface area contributed by atoms with Gasteiger partial charge in [-0.2, -0.15) is 0 Å². The molecule has 0 fully saturated rings. The Morgan fingerprint density at radius 3 is 2.29 bits per heavy atom. The fraction of sp³-hybridized carbons (Fsp3) is 0.500. The largest absolute Gasteiger partial charge is 0.491 e. The van der Waals surface area contributed by atoms with E-state index in [1.165, 1.54) is 9.13 Å². The van der Waals surface area contributed by atoms with Crippen molar-refractivity contribution < 1.29 is 4.74 Å². The van der Waals surface area contributed by atoms with Crippen LogP contribution in [0.1, 0.15) is 39.2 Å². The normalized spacial score (nSPS) is 11.1. The minimum atomic E-state index is 0.243. The third kappa shape index (κ3) is 3.15. The van der Waals surface area contributed by atoms with E-state index in [9.17, 15) is 0 Å². The molecule has 14 heavy (non-hydrogen) atoms. The Morgan fingerprint density at radius 2 is 1.79 bits per heavy atom. The summed E-state index contributed by atoms with van der Waals surface area (Å²) in [7, 11) is 0. The molecule has 0 aliphatic heterocycles. The van der Waals surface area contributed by atoms with Crippen LogP contribution in [0.25, 0.3) is 0 Å². The SMILES string of the molecule is CC(C)Oc1ccc(I)cc1C(C)C. The second-order valence-corrected chi connectivity index (χ2v) is 5.25. The summed E-state index contributed by atoms with van der Waals surface area (Å²) in [4.78, 5) is 0. The van der Waals surface area contributed by atoms with Gasteiger partial charge < -0.3 is 4.74 Å². The summed E-state index contributed by atoms with van der Waals surface area (Å²) in [5, 5.41) is 0. The van der Waals surface area contributed by atoms with E-state index in [2.05, 4.69) is 68.5 Å². The van der Waals surface area contributed by atoms with Gasteiger partial charge in [-0.25, -0.2) is 0 Å². The Kier molecular flexibility index (Phi) is 4.23. The molecule has 0 aromatic heterocycles. The number of halogens is 1. The molecule has 0 heterocycles. The number of hydrogen-bond donors (Lipinski definition) is 0. The van der Waals surface area contributed by atoms with Crippen molar-refractivity contribution >= 4 is 22.6 Å². The summed E-state index contributed by atoms with van der Waals surface area (Å²) in [6.45, 7) is 8.50. The molecule has 2 heteroatoms. The molecular formula is C12H17IO. The van der Waals surface area contributed by atoms with Crippen LogP contribution in [0.15, 0.2) is 18.2 Å². The molecular weight excluding hydrogens is 287 g/mol. The maximum Gasteiger partial charge on any atom is 0.123 e. The maximum atomic E-state index is 5.76. The molecule has 0 saturated carbocycles. The monoisotopic (exact) mass is 304 g/mol. The Hall–Kier alpha value is -0.250. The van der Waals surface area contributed by atoms with Crippen molar-refractivity contribution in [2.45, 2.75) is 39.7 Å². The van der Waals surface area contributed by atoms with Crippen molar-refractivity contribution in [1.82, 2.24) is 0 Å². The summed E-state index contributed by atoms with van der Waals surface area (Å²) in [6, 6.07) is 6.35. The van der Waals surface area contributed by atoms with E-state index in [0.717, 1.165) is 5.75 Å². The lowest BCUT2D eigenvalue weighted by atomic mass is 10.0. The second-order valence-electron chi connectivity index (χ2n) is 4.00. The van der Waals surface area contributed by atoms with E-state index in [1.807, 2.05) is 0 Å². The average molecular weight is 304 g/mol. The average Bonchev–Trinajstić information content (AvgIpc) is 2.07. The van der Waals surface area contributed by atoms with Crippen LogP contribution in [0.4, 0.5) is 0 Å². The van der Waals surface area contributed by atoms with Gasteiger partial charge in [0.1, 0.15) is 5.75 Å². The highest BCUT2D eigenvalue weighted by Gasteiger charge is 2.09. The Balaban J connectivity index is 3.02. The van der Waals surface area contributed by atoms with E-state index >= 15 is 0 Å². The second kappa shape index (κ2) is 5.01. The Morgan fingerprint density at radius 1 is 1.14 bits per heavy atom. The molecule has 0 amide bonds. The number of benzene rings is 1. The van der Waals surface area contributed by atoms with Gasteiger partial charge in [0.15, 0.2) is 0 Å². The first-order chi connectivity index (χ1) is 6.50. The first-order valence-corrected chi connectivity index (χ1v) is 6.04. The van der Waals surface area contributed by atoms with Gasteiger partial charge in [0, 0.05) is 3.57 Å². The van der Waals surface area contributed by atoms with E-state index in [-0.39, 0.29) is 6.10 Å². The fourth-order valence-electron chi connectivity index (χ4n) is 1.33. The van der Waals surface area contributed by atoms with E-state index < -0.39 is 0 Å². The van der Waals surface area contributed by atoms with Crippen molar-refractivity contribution in [2.75, 3.05) is 0 Å². The van der Waals surface area contributed by atoms with Gasteiger partial charge >= 0.3 is 0 Å². The highest BCUT2D eigenvalue weighted by Crippen LogP contribution is 2.28. The molecule has 1 aromatic carbocycles. The van der Waals surface area contributed by atoms with Crippen LogP contribution >= 0.6 is 22.6 Å². The molecule has 0 saturated heterocycles. The molecule has 0 radical (unpaired) electrons. The minimum absolute atomic E-state index is 0.243. The smallest absolute Gasteiger partial charge is 0.123 e. The Labute approximate surface area is 100.0 Å². The topological polar surface area (TPSA) is 9.23 Å². The number of rotatable bonds is 3. The highest BCUT2D eigenvalue weighted by molar-refractivity contribution is 14.1. The van der Waals surface area contributed by atoms with E-state index in [0.29, 0.717) is 5.92 Å². The summed E-state index contributed by atoms with van der Waals surface area (Å²) in [6.07, 6.45) is 0.243. The lowest BCUT2D eigenvalue weighted by Crippen LogP contribution is -2.08. The summed E-state index contributed by atoms with van der Waals surface area (Å²) >= 11 is 2.33. The zero-order valence-corrected chi connectivity index (χ0v) is 11.3. The molecule has 0 spiro atoms. The minimum Gasteiger partial charge on any atom is -0.491 e. The van der Waals surface area contributed by atoms with Crippen molar-refractivity contribution in [3.8, 4) is 5.75 Å². The van der Waals surface area contributed by atoms with Crippen molar-refractivity contribution in [1.29, 1.82) is 0 Å². The first-order valence-electron chi connectivity index (χ1n) is 4.96. The molecule has 0 N–H and O–H groups in total. The summed E-state index contributed by atoms with van der Waals surface area (Å²) < 4.78 is 7.02. The first kappa shape index (κ1) is 11.8. The third-order valence-electron chi connectivity index (χ3n) is 1.96. The van der Waals surface area contributed by atoms with E-state index in [4.69, 9.17) is 4.74 Å². The van der Waals surface area contributed by atoms with Crippen LogP contribution in [0.5, 0.6) is 5.75 Å². The van der Waals surface area contributed by atoms with Crippen LogP contribution in [0, 0.1) is 3.57 Å². The Bertz CT molecular complexity index is 305. The van der Waals surface area contributed by atoms with Crippen molar-refractivity contribution in [2.24, 2.45) is 0 Å². The van der Waals surface area contributed by atoms with E-state index in [1.54, 1.807) is 0 Å². The lowest BCUT2D eigenvalue weighted by molar-refractivity contribution is 0.239. The van der Waals surface area contributed by atoms with Crippen LogP contribution in [0.3, 0.4) is 0 Å². The van der Waals surface area contributed by atoms with Gasteiger partial charge in [-0.3, -0.25) is 0 Å². The maximum absolute atomic E-state index is 5.76. The molecule has 0 bridgehead atoms. The molecule has 0 atom stereocenters. The van der Waals surface area contributed by atoms with Gasteiger partial charge in [0.25, 0.3) is 0 Å². The van der Waals surface area contributed by atoms with Gasteiger partial charge in [-0.1, -0.05) is 13.8 Å². The lowest BCUT2D eigenvalue weighted by Gasteiger charge is -2.16. The predicted octanol–water partition coefficient (Wildman–Crippen LogP) is 4.20.